The van der Waals surface area contributed by atoms with Crippen molar-refractivity contribution < 1.29 is 14.6 Å². The summed E-state index contributed by atoms with van der Waals surface area (Å²) >= 11 is 0. The molecule has 0 bridgehead atoms. The number of carbonyl (C=O) groups is 1. The number of aliphatic carboxylic acids is 1. The summed E-state index contributed by atoms with van der Waals surface area (Å²) in [4.78, 5) is 29.7. The van der Waals surface area contributed by atoms with E-state index in [9.17, 15) is 14.9 Å². The number of ether oxygens (including phenoxy) is 1. The molecule has 1 N–H and O–H groups in total. The number of nitrogens with zero attached hydrogens (tertiary/aromatic N) is 5. The van der Waals surface area contributed by atoms with Gasteiger partial charge in [-0.2, -0.15) is 10.4 Å². The summed E-state index contributed by atoms with van der Waals surface area (Å²) in [5, 5.41) is 23.0. The fraction of sp³-hybridized carbons (Fsp3) is 0.387. The Morgan fingerprint density at radius 2 is 1.95 bits per heavy atom. The van der Waals surface area contributed by atoms with E-state index < -0.39 is 5.97 Å². The Labute approximate surface area is 232 Å². The van der Waals surface area contributed by atoms with E-state index in [1.165, 1.54) is 0 Å². The summed E-state index contributed by atoms with van der Waals surface area (Å²) in [7, 11) is 0. The van der Waals surface area contributed by atoms with E-state index in [1.807, 2.05) is 45.5 Å². The highest BCUT2D eigenvalue weighted by Gasteiger charge is 2.28. The van der Waals surface area contributed by atoms with Crippen LogP contribution in [-0.2, 0) is 22.4 Å². The van der Waals surface area contributed by atoms with Crippen molar-refractivity contribution in [2.75, 3.05) is 6.61 Å². The van der Waals surface area contributed by atoms with E-state index in [0.717, 1.165) is 60.1 Å². The SMILES string of the molecule is CCCCc1c(Cc2ccc(-c3ccccc3C#N)nc2)c(=O)n([C@H]2CC[C@H](OCC(=O)O)CC2)c2ccnn12. The number of aryl methyl sites for hydroxylation is 1. The second-order valence-corrected chi connectivity index (χ2v) is 10.3. The third kappa shape index (κ3) is 5.68. The first-order valence-electron chi connectivity index (χ1n) is 13.9. The van der Waals surface area contributed by atoms with E-state index in [-0.39, 0.29) is 24.3 Å². The monoisotopic (exact) mass is 539 g/mol. The molecule has 1 aromatic carbocycles. The van der Waals surface area contributed by atoms with Crippen LogP contribution in [0.15, 0.2) is 59.7 Å². The number of carboxylic acid groups (broad SMARTS) is 1. The number of aromatic nitrogens is 4. The molecule has 206 valence electrons. The molecule has 0 radical (unpaired) electrons. The molecule has 0 atom stereocenters. The topological polar surface area (TPSA) is 123 Å². The second kappa shape index (κ2) is 12.3. The fourth-order valence-electron chi connectivity index (χ4n) is 5.67. The minimum atomic E-state index is -0.969. The third-order valence-corrected chi connectivity index (χ3v) is 7.70. The molecule has 40 heavy (non-hydrogen) atoms. The van der Waals surface area contributed by atoms with Crippen LogP contribution in [0.25, 0.3) is 16.9 Å². The van der Waals surface area contributed by atoms with Crippen LogP contribution < -0.4 is 5.56 Å². The summed E-state index contributed by atoms with van der Waals surface area (Å²) in [6.07, 6.45) is 9.41. The number of unbranched alkanes of at least 4 members (excludes halogenated alkanes) is 1. The molecule has 0 saturated heterocycles. The number of rotatable bonds is 10. The van der Waals surface area contributed by atoms with Crippen LogP contribution >= 0.6 is 0 Å². The highest BCUT2D eigenvalue weighted by atomic mass is 16.5. The van der Waals surface area contributed by atoms with E-state index >= 15 is 0 Å². The second-order valence-electron chi connectivity index (χ2n) is 10.3. The van der Waals surface area contributed by atoms with Crippen molar-refractivity contribution in [3.8, 4) is 17.3 Å². The lowest BCUT2D eigenvalue weighted by Crippen LogP contribution is -2.35. The Kier molecular flexibility index (Phi) is 8.37. The van der Waals surface area contributed by atoms with E-state index in [0.29, 0.717) is 30.5 Å². The minimum absolute atomic E-state index is 0.00656. The van der Waals surface area contributed by atoms with Gasteiger partial charge in [0.1, 0.15) is 12.3 Å². The van der Waals surface area contributed by atoms with Crippen molar-refractivity contribution in [3.63, 3.8) is 0 Å². The third-order valence-electron chi connectivity index (χ3n) is 7.70. The molecule has 1 fully saturated rings. The number of nitriles is 1. The van der Waals surface area contributed by atoms with Gasteiger partial charge in [-0.15, -0.1) is 0 Å². The van der Waals surface area contributed by atoms with Gasteiger partial charge in [0.25, 0.3) is 5.56 Å². The Hall–Kier alpha value is -4.29. The minimum Gasteiger partial charge on any atom is -0.480 e. The van der Waals surface area contributed by atoms with Crippen LogP contribution in [0, 0.1) is 11.3 Å². The molecule has 0 spiro atoms. The molecule has 9 nitrogen and oxygen atoms in total. The molecular formula is C31H33N5O4. The maximum atomic E-state index is 14.2. The first kappa shape index (κ1) is 27.3. The molecular weight excluding hydrogens is 506 g/mol. The number of pyridine rings is 1. The van der Waals surface area contributed by atoms with Crippen molar-refractivity contribution >= 4 is 11.6 Å². The first-order chi connectivity index (χ1) is 19.5. The van der Waals surface area contributed by atoms with Gasteiger partial charge >= 0.3 is 5.97 Å². The van der Waals surface area contributed by atoms with Crippen LogP contribution in [0.3, 0.4) is 0 Å². The molecule has 0 aliphatic heterocycles. The predicted octanol–water partition coefficient (Wildman–Crippen LogP) is 4.95. The maximum Gasteiger partial charge on any atom is 0.329 e. The van der Waals surface area contributed by atoms with Gasteiger partial charge in [-0.3, -0.25) is 14.3 Å². The lowest BCUT2D eigenvalue weighted by atomic mass is 9.92. The molecule has 3 heterocycles. The van der Waals surface area contributed by atoms with Gasteiger partial charge in [-0.05, 0) is 56.2 Å². The Bertz CT molecular complexity index is 1590. The number of hydrogen-bond donors (Lipinski definition) is 1. The molecule has 3 aromatic heterocycles. The average Bonchev–Trinajstić information content (AvgIpc) is 3.46. The van der Waals surface area contributed by atoms with E-state index in [4.69, 9.17) is 9.84 Å². The summed E-state index contributed by atoms with van der Waals surface area (Å²) < 4.78 is 9.33. The standard InChI is InChI=1S/C31H33N5O4/c1-2-3-8-28-26(17-21-9-14-27(33-19-21)25-7-5-4-6-22(25)18-32)31(39)35(29-15-16-34-36(28)29)23-10-12-24(13-11-23)40-20-30(37)38/h4-7,9,14-16,19,23-24H,2-3,8,10-13,17,20H2,1H3,(H,37,38)/t23-,24-. The molecule has 5 rings (SSSR count). The fourth-order valence-corrected chi connectivity index (χ4v) is 5.67. The number of benzene rings is 1. The summed E-state index contributed by atoms with van der Waals surface area (Å²) in [6.45, 7) is 1.83. The van der Waals surface area contributed by atoms with Crippen molar-refractivity contribution in [1.82, 2.24) is 19.2 Å². The van der Waals surface area contributed by atoms with Crippen LogP contribution in [0.5, 0.6) is 0 Å². The number of carboxylic acids is 1. The van der Waals surface area contributed by atoms with E-state index in [1.54, 1.807) is 18.5 Å². The van der Waals surface area contributed by atoms with Crippen LogP contribution in [0.1, 0.15) is 73.9 Å². The highest BCUT2D eigenvalue weighted by Crippen LogP contribution is 2.31. The Morgan fingerprint density at radius 3 is 2.65 bits per heavy atom. The molecule has 1 saturated carbocycles. The zero-order chi connectivity index (χ0) is 28.1. The number of fused-ring (bicyclic) bond motifs is 1. The zero-order valence-electron chi connectivity index (χ0n) is 22.6. The highest BCUT2D eigenvalue weighted by molar-refractivity contribution is 5.68. The van der Waals surface area contributed by atoms with Gasteiger partial charge < -0.3 is 9.84 Å². The van der Waals surface area contributed by atoms with Crippen molar-refractivity contribution in [3.05, 3.63) is 87.6 Å². The quantitative estimate of drug-likeness (QED) is 0.303. The van der Waals surface area contributed by atoms with Gasteiger partial charge in [0, 0.05) is 35.9 Å². The van der Waals surface area contributed by atoms with Crippen LogP contribution in [0.2, 0.25) is 0 Å². The Morgan fingerprint density at radius 1 is 1.15 bits per heavy atom. The molecule has 0 amide bonds. The maximum absolute atomic E-state index is 14.2. The van der Waals surface area contributed by atoms with Crippen LogP contribution in [-0.4, -0.2) is 43.0 Å². The molecule has 9 heteroatoms. The van der Waals surface area contributed by atoms with Crippen LogP contribution in [0.4, 0.5) is 0 Å². The summed E-state index contributed by atoms with van der Waals surface area (Å²) in [6, 6.07) is 15.4. The smallest absolute Gasteiger partial charge is 0.329 e. The molecule has 1 aliphatic rings. The lowest BCUT2D eigenvalue weighted by molar-refractivity contribution is -0.145. The van der Waals surface area contributed by atoms with Crippen molar-refractivity contribution in [1.29, 1.82) is 5.26 Å². The summed E-state index contributed by atoms with van der Waals surface area (Å²) in [5.41, 5.74) is 5.42. The molecule has 4 aromatic rings. The van der Waals surface area contributed by atoms with Gasteiger partial charge in [-0.1, -0.05) is 37.6 Å². The van der Waals surface area contributed by atoms with Gasteiger partial charge in [-0.25, -0.2) is 9.31 Å². The molecule has 1 aliphatic carbocycles. The van der Waals surface area contributed by atoms with Gasteiger partial charge in [0.15, 0.2) is 0 Å². The summed E-state index contributed by atoms with van der Waals surface area (Å²) in [5.74, 6) is -0.969. The zero-order valence-corrected chi connectivity index (χ0v) is 22.6. The lowest BCUT2D eigenvalue weighted by Gasteiger charge is -2.30. The van der Waals surface area contributed by atoms with Gasteiger partial charge in [0.2, 0.25) is 0 Å². The van der Waals surface area contributed by atoms with Crippen molar-refractivity contribution in [2.24, 2.45) is 0 Å². The average molecular weight is 540 g/mol. The Balaban J connectivity index is 1.48. The largest absolute Gasteiger partial charge is 0.480 e. The first-order valence-corrected chi connectivity index (χ1v) is 13.9. The van der Waals surface area contributed by atoms with Gasteiger partial charge in [0.05, 0.1) is 35.3 Å². The predicted molar refractivity (Wildman–Crippen MR) is 150 cm³/mol. The number of hydrogen-bond acceptors (Lipinski definition) is 6. The normalized spacial score (nSPS) is 17.1. The van der Waals surface area contributed by atoms with Crippen molar-refractivity contribution in [2.45, 2.75) is 70.4 Å². The molecule has 0 unspecified atom stereocenters. The van der Waals surface area contributed by atoms with E-state index in [2.05, 4.69) is 23.1 Å².